The lowest BCUT2D eigenvalue weighted by atomic mass is 10.2. The van der Waals surface area contributed by atoms with Crippen LogP contribution in [-0.2, 0) is 16.4 Å². The van der Waals surface area contributed by atoms with Gasteiger partial charge < -0.3 is 9.73 Å². The van der Waals surface area contributed by atoms with Crippen LogP contribution in [0.3, 0.4) is 0 Å². The van der Waals surface area contributed by atoms with E-state index in [1.165, 1.54) is 7.05 Å². The summed E-state index contributed by atoms with van der Waals surface area (Å²) >= 11 is 0. The Morgan fingerprint density at radius 1 is 1.20 bits per heavy atom. The van der Waals surface area contributed by atoms with Gasteiger partial charge in [-0.15, -0.1) is 0 Å². The minimum atomic E-state index is -3.38. The van der Waals surface area contributed by atoms with Crippen LogP contribution < -0.4 is 10.0 Å². The summed E-state index contributed by atoms with van der Waals surface area (Å²) in [6, 6.07) is 10.6. The minimum Gasteiger partial charge on any atom is -0.469 e. The third kappa shape index (κ3) is 3.61. The Balaban J connectivity index is 2.00. The maximum Gasteiger partial charge on any atom is 0.240 e. The van der Waals surface area contributed by atoms with Crippen LogP contribution in [0.25, 0.3) is 0 Å². The van der Waals surface area contributed by atoms with Crippen molar-refractivity contribution in [2.24, 2.45) is 0 Å². The lowest BCUT2D eigenvalue weighted by molar-refractivity contribution is 0.498. The molecule has 1 unspecified atom stereocenters. The number of sulfonamides is 1. The Morgan fingerprint density at radius 2 is 1.90 bits per heavy atom. The number of benzene rings is 1. The molecule has 0 radical (unpaired) electrons. The van der Waals surface area contributed by atoms with Crippen LogP contribution >= 0.6 is 0 Å². The fourth-order valence-corrected chi connectivity index (χ4v) is 2.64. The molecule has 20 heavy (non-hydrogen) atoms. The summed E-state index contributed by atoms with van der Waals surface area (Å²) in [5, 5.41) is 3.30. The Kier molecular flexibility index (Phi) is 4.46. The van der Waals surface area contributed by atoms with Crippen molar-refractivity contribution >= 4 is 15.7 Å². The van der Waals surface area contributed by atoms with Crippen molar-refractivity contribution < 1.29 is 12.8 Å². The van der Waals surface area contributed by atoms with Crippen LogP contribution in [0.5, 0.6) is 0 Å². The third-order valence-corrected chi connectivity index (χ3v) is 4.36. The van der Waals surface area contributed by atoms with E-state index in [2.05, 4.69) is 10.0 Å². The molecule has 1 atom stereocenters. The summed E-state index contributed by atoms with van der Waals surface area (Å²) < 4.78 is 30.8. The molecule has 2 aromatic rings. The standard InChI is InChI=1S/C14H18N2O3S/c1-11(10-13-4-3-9-19-13)16-12-5-7-14(8-6-12)20(17,18)15-2/h3-9,11,15-16H,10H2,1-2H3. The highest BCUT2D eigenvalue weighted by atomic mass is 32.2. The van der Waals surface area contributed by atoms with Crippen molar-refractivity contribution in [1.82, 2.24) is 4.72 Å². The predicted molar refractivity (Wildman–Crippen MR) is 78.2 cm³/mol. The first-order valence-electron chi connectivity index (χ1n) is 6.34. The second kappa shape index (κ2) is 6.11. The smallest absolute Gasteiger partial charge is 0.240 e. The molecule has 6 heteroatoms. The van der Waals surface area contributed by atoms with Crippen LogP contribution in [0.1, 0.15) is 12.7 Å². The van der Waals surface area contributed by atoms with Crippen molar-refractivity contribution in [2.75, 3.05) is 12.4 Å². The van der Waals surface area contributed by atoms with Crippen molar-refractivity contribution in [3.8, 4) is 0 Å². The lowest BCUT2D eigenvalue weighted by Crippen LogP contribution is -2.19. The van der Waals surface area contributed by atoms with Gasteiger partial charge in [-0.2, -0.15) is 0 Å². The van der Waals surface area contributed by atoms with E-state index < -0.39 is 10.0 Å². The van der Waals surface area contributed by atoms with Gasteiger partial charge in [-0.3, -0.25) is 0 Å². The third-order valence-electron chi connectivity index (χ3n) is 2.93. The highest BCUT2D eigenvalue weighted by molar-refractivity contribution is 7.89. The van der Waals surface area contributed by atoms with E-state index >= 15 is 0 Å². The zero-order valence-corrected chi connectivity index (χ0v) is 12.3. The molecule has 2 N–H and O–H groups in total. The first-order valence-corrected chi connectivity index (χ1v) is 7.82. The maximum atomic E-state index is 11.6. The lowest BCUT2D eigenvalue weighted by Gasteiger charge is -2.14. The number of nitrogens with one attached hydrogen (secondary N) is 2. The van der Waals surface area contributed by atoms with Crippen LogP contribution in [0, 0.1) is 0 Å². The van der Waals surface area contributed by atoms with Crippen LogP contribution in [0.2, 0.25) is 0 Å². The van der Waals surface area contributed by atoms with Gasteiger partial charge in [0.1, 0.15) is 5.76 Å². The number of hydrogen-bond donors (Lipinski definition) is 2. The van der Waals surface area contributed by atoms with Crippen molar-refractivity contribution in [1.29, 1.82) is 0 Å². The molecular formula is C14H18N2O3S. The van der Waals surface area contributed by atoms with E-state index in [0.29, 0.717) is 0 Å². The monoisotopic (exact) mass is 294 g/mol. The summed E-state index contributed by atoms with van der Waals surface area (Å²) in [4.78, 5) is 0.254. The normalized spacial score (nSPS) is 13.1. The summed E-state index contributed by atoms with van der Waals surface area (Å²) in [5.41, 5.74) is 0.874. The SMILES string of the molecule is CNS(=O)(=O)c1ccc(NC(C)Cc2ccco2)cc1. The molecule has 0 aliphatic carbocycles. The number of furan rings is 1. The quantitative estimate of drug-likeness (QED) is 0.857. The fourth-order valence-electron chi connectivity index (χ4n) is 1.91. The van der Waals surface area contributed by atoms with E-state index in [9.17, 15) is 8.42 Å². The highest BCUT2D eigenvalue weighted by Gasteiger charge is 2.11. The van der Waals surface area contributed by atoms with Crippen LogP contribution in [0.4, 0.5) is 5.69 Å². The van der Waals surface area contributed by atoms with Gasteiger partial charge in [0.15, 0.2) is 0 Å². The number of rotatable bonds is 6. The number of hydrogen-bond acceptors (Lipinski definition) is 4. The number of anilines is 1. The second-order valence-corrected chi connectivity index (χ2v) is 6.45. The van der Waals surface area contributed by atoms with Gasteiger partial charge in [0, 0.05) is 18.2 Å². The molecule has 0 aliphatic rings. The van der Waals surface area contributed by atoms with Crippen molar-refractivity contribution in [3.63, 3.8) is 0 Å². The molecule has 0 amide bonds. The summed E-state index contributed by atoms with van der Waals surface area (Å²) in [6.07, 6.45) is 2.42. The summed E-state index contributed by atoms with van der Waals surface area (Å²) in [6.45, 7) is 2.04. The van der Waals surface area contributed by atoms with Crippen molar-refractivity contribution in [3.05, 3.63) is 48.4 Å². The predicted octanol–water partition coefficient (Wildman–Crippen LogP) is 2.23. The molecule has 0 fully saturated rings. The molecule has 0 saturated carbocycles. The molecule has 108 valence electrons. The molecule has 2 rings (SSSR count). The van der Waals surface area contributed by atoms with E-state index in [1.54, 1.807) is 30.5 Å². The molecule has 0 bridgehead atoms. The van der Waals surface area contributed by atoms with Gasteiger partial charge in [-0.05, 0) is 50.4 Å². The molecule has 5 nitrogen and oxygen atoms in total. The highest BCUT2D eigenvalue weighted by Crippen LogP contribution is 2.15. The molecule has 1 heterocycles. The largest absolute Gasteiger partial charge is 0.469 e. The van der Waals surface area contributed by atoms with Gasteiger partial charge in [-0.1, -0.05) is 0 Å². The van der Waals surface area contributed by atoms with Gasteiger partial charge in [0.05, 0.1) is 11.2 Å². The zero-order valence-electron chi connectivity index (χ0n) is 11.5. The summed E-state index contributed by atoms with van der Waals surface area (Å²) in [5.74, 6) is 0.916. The first kappa shape index (κ1) is 14.6. The fraction of sp³-hybridized carbons (Fsp3) is 0.286. The van der Waals surface area contributed by atoms with Gasteiger partial charge in [0.25, 0.3) is 0 Å². The Bertz CT molecular complexity index is 634. The van der Waals surface area contributed by atoms with Crippen LogP contribution in [0.15, 0.2) is 52.0 Å². The van der Waals surface area contributed by atoms with Crippen LogP contribution in [-0.4, -0.2) is 21.5 Å². The molecule has 1 aromatic carbocycles. The van der Waals surface area contributed by atoms with Gasteiger partial charge in [0.2, 0.25) is 10.0 Å². The molecule has 0 saturated heterocycles. The van der Waals surface area contributed by atoms with Gasteiger partial charge >= 0.3 is 0 Å². The Hall–Kier alpha value is -1.79. The first-order chi connectivity index (χ1) is 9.51. The molecular weight excluding hydrogens is 276 g/mol. The minimum absolute atomic E-state index is 0.188. The van der Waals surface area contributed by atoms with Crippen molar-refractivity contribution in [2.45, 2.75) is 24.3 Å². The average molecular weight is 294 g/mol. The molecule has 0 aliphatic heterocycles. The van der Waals surface area contributed by atoms with E-state index in [0.717, 1.165) is 17.9 Å². The zero-order chi connectivity index (χ0) is 14.6. The van der Waals surface area contributed by atoms with E-state index in [1.807, 2.05) is 19.1 Å². The summed E-state index contributed by atoms with van der Waals surface area (Å²) in [7, 11) is -1.98. The van der Waals surface area contributed by atoms with Gasteiger partial charge in [-0.25, -0.2) is 13.1 Å². The average Bonchev–Trinajstić information content (AvgIpc) is 2.92. The maximum absolute atomic E-state index is 11.6. The topological polar surface area (TPSA) is 71.3 Å². The van der Waals surface area contributed by atoms with E-state index in [4.69, 9.17) is 4.42 Å². The van der Waals surface area contributed by atoms with E-state index in [-0.39, 0.29) is 10.9 Å². The second-order valence-electron chi connectivity index (χ2n) is 4.56. The molecule has 0 spiro atoms. The molecule has 1 aromatic heterocycles. The Labute approximate surface area is 119 Å². The Morgan fingerprint density at radius 3 is 2.45 bits per heavy atom.